The lowest BCUT2D eigenvalue weighted by atomic mass is 9.85. The Morgan fingerprint density at radius 2 is 1.62 bits per heavy atom. The summed E-state index contributed by atoms with van der Waals surface area (Å²) >= 11 is 0. The summed E-state index contributed by atoms with van der Waals surface area (Å²) in [7, 11) is -1.66. The van der Waals surface area contributed by atoms with E-state index in [1.54, 1.807) is 0 Å². The van der Waals surface area contributed by atoms with Crippen LogP contribution in [0.15, 0.2) is 36.4 Å². The smallest absolute Gasteiger partial charge is 0.192 e. The predicted molar refractivity (Wildman–Crippen MR) is 105 cm³/mol. The summed E-state index contributed by atoms with van der Waals surface area (Å²) in [6.07, 6.45) is 3.00. The molecule has 3 heteroatoms. The van der Waals surface area contributed by atoms with Crippen LogP contribution in [0.2, 0.25) is 18.1 Å². The van der Waals surface area contributed by atoms with Crippen LogP contribution in [0, 0.1) is 11.8 Å². The minimum Gasteiger partial charge on any atom is -0.413 e. The first-order valence-corrected chi connectivity index (χ1v) is 12.1. The fraction of sp³-hybridized carbons (Fsp3) is 0.619. The van der Waals surface area contributed by atoms with E-state index in [9.17, 15) is 5.11 Å². The number of rotatable bonds is 6. The molecular weight excluding hydrogens is 312 g/mol. The van der Waals surface area contributed by atoms with E-state index in [4.69, 9.17) is 4.43 Å². The predicted octanol–water partition coefficient (Wildman–Crippen LogP) is 5.50. The van der Waals surface area contributed by atoms with Gasteiger partial charge in [0.25, 0.3) is 0 Å². The molecule has 4 atom stereocenters. The molecule has 0 spiro atoms. The lowest BCUT2D eigenvalue weighted by molar-refractivity contribution is 0.0181. The average molecular weight is 347 g/mol. The Morgan fingerprint density at radius 3 is 2.17 bits per heavy atom. The average Bonchev–Trinajstić information content (AvgIpc) is 2.73. The summed E-state index contributed by atoms with van der Waals surface area (Å²) in [5.74, 6) is 0.297. The molecule has 1 aromatic rings. The van der Waals surface area contributed by atoms with Crippen LogP contribution in [0.4, 0.5) is 0 Å². The first-order chi connectivity index (χ1) is 11.5. The van der Waals surface area contributed by atoms with Gasteiger partial charge in [0.2, 0.25) is 0 Å². The monoisotopic (exact) mass is 346 g/mol. The lowest BCUT2D eigenvalue weighted by Gasteiger charge is -2.37. The third-order valence-electron chi connectivity index (χ3n) is 6.14. The number of hydrogen-bond donors (Lipinski definition) is 1. The number of aliphatic hydroxyl groups is 1. The van der Waals surface area contributed by atoms with E-state index in [1.165, 1.54) is 11.1 Å². The maximum absolute atomic E-state index is 10.9. The Bertz CT molecular complexity index is 528. The van der Waals surface area contributed by atoms with Crippen molar-refractivity contribution in [1.82, 2.24) is 0 Å². The minimum absolute atomic E-state index is 0.134. The van der Waals surface area contributed by atoms with E-state index in [2.05, 4.69) is 65.0 Å². The highest BCUT2D eigenvalue weighted by molar-refractivity contribution is 6.73. The SMILES string of the molecule is CC[Si](CC)(CC)O[C@H]1CC=C(c2ccccc2)[C@@H](C)[C@@H](O)[C@H]1C. The van der Waals surface area contributed by atoms with Gasteiger partial charge in [0.1, 0.15) is 0 Å². The fourth-order valence-electron chi connectivity index (χ4n) is 3.99. The summed E-state index contributed by atoms with van der Waals surface area (Å²) in [4.78, 5) is 0. The van der Waals surface area contributed by atoms with Crippen LogP contribution in [0.25, 0.3) is 5.57 Å². The van der Waals surface area contributed by atoms with E-state index in [0.29, 0.717) is 0 Å². The van der Waals surface area contributed by atoms with Gasteiger partial charge in [0.05, 0.1) is 12.2 Å². The molecule has 1 aliphatic rings. The molecule has 1 N–H and O–H groups in total. The molecule has 24 heavy (non-hydrogen) atoms. The molecule has 0 saturated heterocycles. The Labute approximate surface area is 149 Å². The van der Waals surface area contributed by atoms with Crippen LogP contribution in [-0.4, -0.2) is 25.6 Å². The largest absolute Gasteiger partial charge is 0.413 e. The highest BCUT2D eigenvalue weighted by atomic mass is 28.4. The molecule has 134 valence electrons. The third-order valence-corrected chi connectivity index (χ3v) is 10.8. The Hall–Kier alpha value is -0.903. The van der Waals surface area contributed by atoms with E-state index in [-0.39, 0.29) is 24.0 Å². The van der Waals surface area contributed by atoms with Crippen LogP contribution >= 0.6 is 0 Å². The minimum atomic E-state index is -1.66. The summed E-state index contributed by atoms with van der Waals surface area (Å²) < 4.78 is 6.76. The zero-order valence-corrected chi connectivity index (χ0v) is 17.0. The molecule has 2 nitrogen and oxygen atoms in total. The van der Waals surface area contributed by atoms with Crippen LogP contribution < -0.4 is 0 Å². The maximum Gasteiger partial charge on any atom is 0.192 e. The normalized spacial score (nSPS) is 28.3. The molecule has 0 radical (unpaired) electrons. The van der Waals surface area contributed by atoms with Crippen molar-refractivity contribution >= 4 is 13.9 Å². The summed E-state index contributed by atoms with van der Waals surface area (Å²) in [5, 5.41) is 10.9. The quantitative estimate of drug-likeness (QED) is 0.689. The Morgan fingerprint density at radius 1 is 1.04 bits per heavy atom. The second kappa shape index (κ2) is 8.46. The van der Waals surface area contributed by atoms with Gasteiger partial charge in [-0.15, -0.1) is 0 Å². The molecule has 0 aliphatic heterocycles. The Kier molecular flexibility index (Phi) is 6.85. The van der Waals surface area contributed by atoms with E-state index >= 15 is 0 Å². The first kappa shape index (κ1) is 19.4. The first-order valence-electron chi connectivity index (χ1n) is 9.59. The van der Waals surface area contributed by atoms with Crippen LogP contribution in [0.5, 0.6) is 0 Å². The summed E-state index contributed by atoms with van der Waals surface area (Å²) in [6, 6.07) is 13.9. The van der Waals surface area contributed by atoms with Crippen molar-refractivity contribution in [1.29, 1.82) is 0 Å². The standard InChI is InChI=1S/C21H34O2Si/c1-6-24(7-2,8-3)23-20-15-14-19(16(4)21(22)17(20)5)18-12-10-9-11-13-18/h9-14,16-17,20-22H,6-8,15H2,1-5H3/t16-,17+,20+,21-/m1/s1. The van der Waals surface area contributed by atoms with Gasteiger partial charge in [-0.2, -0.15) is 0 Å². The van der Waals surface area contributed by atoms with Crippen LogP contribution in [-0.2, 0) is 4.43 Å². The molecule has 0 fully saturated rings. The van der Waals surface area contributed by atoms with Crippen molar-refractivity contribution in [3.8, 4) is 0 Å². The van der Waals surface area contributed by atoms with Crippen molar-refractivity contribution in [3.63, 3.8) is 0 Å². The highest BCUT2D eigenvalue weighted by Gasteiger charge is 2.38. The zero-order valence-electron chi connectivity index (χ0n) is 16.0. The molecule has 0 unspecified atom stereocenters. The van der Waals surface area contributed by atoms with E-state index in [1.807, 2.05) is 6.07 Å². The number of aliphatic hydroxyl groups excluding tert-OH is 1. The van der Waals surface area contributed by atoms with Gasteiger partial charge in [-0.05, 0) is 35.7 Å². The van der Waals surface area contributed by atoms with Crippen molar-refractivity contribution in [2.45, 2.75) is 71.4 Å². The van der Waals surface area contributed by atoms with Gasteiger partial charge in [0.15, 0.2) is 8.32 Å². The van der Waals surface area contributed by atoms with Gasteiger partial charge in [0, 0.05) is 11.8 Å². The molecule has 0 bridgehead atoms. The van der Waals surface area contributed by atoms with Crippen molar-refractivity contribution in [3.05, 3.63) is 42.0 Å². The molecular formula is C21H34O2Si. The second-order valence-electron chi connectivity index (χ2n) is 7.30. The molecule has 0 aromatic heterocycles. The molecule has 2 rings (SSSR count). The third kappa shape index (κ3) is 4.01. The van der Waals surface area contributed by atoms with Crippen LogP contribution in [0.1, 0.15) is 46.6 Å². The Balaban J connectivity index is 2.28. The van der Waals surface area contributed by atoms with E-state index in [0.717, 1.165) is 24.6 Å². The van der Waals surface area contributed by atoms with Crippen molar-refractivity contribution in [2.24, 2.45) is 11.8 Å². The van der Waals surface area contributed by atoms with Crippen molar-refractivity contribution in [2.75, 3.05) is 0 Å². The van der Waals surface area contributed by atoms with Gasteiger partial charge < -0.3 is 9.53 Å². The van der Waals surface area contributed by atoms with Gasteiger partial charge in [-0.25, -0.2) is 0 Å². The second-order valence-corrected chi connectivity index (χ2v) is 12.0. The fourth-order valence-corrected chi connectivity index (χ4v) is 6.94. The maximum atomic E-state index is 10.9. The van der Waals surface area contributed by atoms with Gasteiger partial charge in [-0.1, -0.05) is 71.0 Å². The number of hydrogen-bond acceptors (Lipinski definition) is 2. The zero-order chi connectivity index (χ0) is 17.7. The molecule has 0 heterocycles. The van der Waals surface area contributed by atoms with E-state index < -0.39 is 8.32 Å². The molecule has 0 saturated carbocycles. The topological polar surface area (TPSA) is 29.5 Å². The molecule has 0 amide bonds. The van der Waals surface area contributed by atoms with Crippen LogP contribution in [0.3, 0.4) is 0 Å². The lowest BCUT2D eigenvalue weighted by Crippen LogP contribution is -2.44. The number of benzene rings is 1. The molecule has 1 aromatic carbocycles. The molecule has 1 aliphatic carbocycles. The van der Waals surface area contributed by atoms with Gasteiger partial charge in [-0.3, -0.25) is 0 Å². The van der Waals surface area contributed by atoms with Gasteiger partial charge >= 0.3 is 0 Å². The highest BCUT2D eigenvalue weighted by Crippen LogP contribution is 2.37. The van der Waals surface area contributed by atoms with Crippen molar-refractivity contribution < 1.29 is 9.53 Å². The summed E-state index contributed by atoms with van der Waals surface area (Å²) in [5.41, 5.74) is 2.49. The summed E-state index contributed by atoms with van der Waals surface area (Å²) in [6.45, 7) is 11.1.